The van der Waals surface area contributed by atoms with Crippen LogP contribution in [-0.4, -0.2) is 18.1 Å². The van der Waals surface area contributed by atoms with Crippen LogP contribution in [0.3, 0.4) is 0 Å². The maximum absolute atomic E-state index is 13.3. The van der Waals surface area contributed by atoms with Gasteiger partial charge in [0.25, 0.3) is 0 Å². The number of rotatable bonds is 7. The lowest BCUT2D eigenvalue weighted by Crippen LogP contribution is -2.25. The number of anilines is 1. The van der Waals surface area contributed by atoms with Crippen LogP contribution in [0.4, 0.5) is 18.9 Å². The van der Waals surface area contributed by atoms with E-state index < -0.39 is 17.3 Å². The molecule has 0 radical (unpaired) electrons. The van der Waals surface area contributed by atoms with E-state index >= 15 is 0 Å². The number of pyridine rings is 1. The molecule has 0 aliphatic carbocycles. The number of hydrogen-bond acceptors (Lipinski definition) is 2. The third-order valence-corrected chi connectivity index (χ3v) is 4.06. The van der Waals surface area contributed by atoms with E-state index in [-0.39, 0.29) is 10.9 Å². The molecule has 0 spiro atoms. The lowest BCUT2D eigenvalue weighted by Gasteiger charge is -2.25. The molecule has 0 fully saturated rings. The Morgan fingerprint density at radius 3 is 2.21 bits per heavy atom. The van der Waals surface area contributed by atoms with Crippen LogP contribution in [0.5, 0.6) is 0 Å². The minimum Gasteiger partial charge on any atom is -0.372 e. The minimum atomic E-state index is -4.55. The summed E-state index contributed by atoms with van der Waals surface area (Å²) in [6.45, 7) is 5.80. The lowest BCUT2D eigenvalue weighted by atomic mass is 10.1. The summed E-state index contributed by atoms with van der Waals surface area (Å²) >= 11 is 0. The molecule has 0 aliphatic heterocycles. The van der Waals surface area contributed by atoms with E-state index in [1.54, 1.807) is 18.2 Å². The Balaban J connectivity index is 2.51. The molecule has 0 unspecified atom stereocenters. The van der Waals surface area contributed by atoms with E-state index in [9.17, 15) is 18.0 Å². The second-order valence-electron chi connectivity index (χ2n) is 5.97. The number of aromatic amines is 1. The molecular formula is C18H23F3N2O. The van der Waals surface area contributed by atoms with E-state index in [0.29, 0.717) is 6.07 Å². The standard InChI is InChI=1S/C18H23F3N2O/c1-3-5-9-23(10-6-4-2)13-7-8-16-14(11-13)15(18(19,20)21)12-17(24)22-16/h7-8,11-12H,3-6,9-10H2,1-2H3,(H,22,24). The fourth-order valence-corrected chi connectivity index (χ4v) is 2.74. The SMILES string of the molecule is CCCCN(CCCC)c1ccc2[nH]c(=O)cc(C(F)(F)F)c2c1. The molecule has 0 aliphatic rings. The number of nitrogens with one attached hydrogen (secondary N) is 1. The van der Waals surface area contributed by atoms with Crippen molar-refractivity contribution in [3.63, 3.8) is 0 Å². The first-order valence-corrected chi connectivity index (χ1v) is 8.36. The zero-order valence-corrected chi connectivity index (χ0v) is 14.0. The summed E-state index contributed by atoms with van der Waals surface area (Å²) in [4.78, 5) is 16.1. The molecule has 0 bridgehead atoms. The molecular weight excluding hydrogens is 317 g/mol. The van der Waals surface area contributed by atoms with Gasteiger partial charge >= 0.3 is 6.18 Å². The summed E-state index contributed by atoms with van der Waals surface area (Å²) in [5, 5.41) is 0.0394. The Labute approximate surface area is 139 Å². The number of aromatic nitrogens is 1. The number of fused-ring (bicyclic) bond motifs is 1. The monoisotopic (exact) mass is 340 g/mol. The molecule has 24 heavy (non-hydrogen) atoms. The quantitative estimate of drug-likeness (QED) is 0.774. The van der Waals surface area contributed by atoms with Crippen molar-refractivity contribution in [1.82, 2.24) is 4.98 Å². The van der Waals surface area contributed by atoms with E-state index in [2.05, 4.69) is 23.7 Å². The summed E-state index contributed by atoms with van der Waals surface area (Å²) in [6, 6.07) is 5.52. The number of alkyl halides is 3. The Hall–Kier alpha value is -1.98. The van der Waals surface area contributed by atoms with Crippen molar-refractivity contribution in [2.24, 2.45) is 0 Å². The highest BCUT2D eigenvalue weighted by atomic mass is 19.4. The van der Waals surface area contributed by atoms with Gasteiger partial charge in [0.2, 0.25) is 5.56 Å². The summed E-state index contributed by atoms with van der Waals surface area (Å²) in [5.41, 5.74) is -0.642. The van der Waals surface area contributed by atoms with E-state index in [1.165, 1.54) is 0 Å². The Bertz CT molecular complexity index is 729. The molecule has 0 atom stereocenters. The second kappa shape index (κ2) is 7.73. The molecule has 0 saturated carbocycles. The third-order valence-electron chi connectivity index (χ3n) is 4.06. The Morgan fingerprint density at radius 1 is 1.04 bits per heavy atom. The number of benzene rings is 1. The zero-order valence-electron chi connectivity index (χ0n) is 14.0. The van der Waals surface area contributed by atoms with Crippen LogP contribution in [-0.2, 0) is 6.18 Å². The van der Waals surface area contributed by atoms with Gasteiger partial charge in [0.05, 0.1) is 5.56 Å². The fraction of sp³-hybridized carbons (Fsp3) is 0.500. The summed E-state index contributed by atoms with van der Waals surface area (Å²) < 4.78 is 39.8. The molecule has 0 saturated heterocycles. The van der Waals surface area contributed by atoms with E-state index in [4.69, 9.17) is 0 Å². The van der Waals surface area contributed by atoms with Crippen LogP contribution in [0.25, 0.3) is 10.9 Å². The van der Waals surface area contributed by atoms with Gasteiger partial charge in [0.1, 0.15) is 0 Å². The topological polar surface area (TPSA) is 36.1 Å². The number of unbranched alkanes of at least 4 members (excludes halogenated alkanes) is 2. The zero-order chi connectivity index (χ0) is 17.7. The Kier molecular flexibility index (Phi) is 5.91. The van der Waals surface area contributed by atoms with E-state index in [0.717, 1.165) is 44.5 Å². The molecule has 1 heterocycles. The van der Waals surface area contributed by atoms with Crippen LogP contribution in [0.2, 0.25) is 0 Å². The lowest BCUT2D eigenvalue weighted by molar-refractivity contribution is -0.136. The number of nitrogens with zero attached hydrogens (tertiary/aromatic N) is 1. The molecule has 2 aromatic rings. The maximum Gasteiger partial charge on any atom is 0.417 e. The summed E-state index contributed by atoms with van der Waals surface area (Å²) in [5.74, 6) is 0. The van der Waals surface area contributed by atoms with Crippen LogP contribution in [0.1, 0.15) is 45.1 Å². The largest absolute Gasteiger partial charge is 0.417 e. The molecule has 132 valence electrons. The van der Waals surface area contributed by atoms with Gasteiger partial charge in [-0.05, 0) is 31.0 Å². The van der Waals surface area contributed by atoms with Crippen LogP contribution in [0, 0.1) is 0 Å². The average Bonchev–Trinajstić information content (AvgIpc) is 2.53. The van der Waals surface area contributed by atoms with Crippen molar-refractivity contribution in [2.75, 3.05) is 18.0 Å². The van der Waals surface area contributed by atoms with Gasteiger partial charge in [-0.2, -0.15) is 13.2 Å². The minimum absolute atomic E-state index is 0.0394. The van der Waals surface area contributed by atoms with Gasteiger partial charge in [-0.15, -0.1) is 0 Å². The predicted octanol–water partition coefficient (Wildman–Crippen LogP) is 4.95. The van der Waals surface area contributed by atoms with Crippen molar-refractivity contribution >= 4 is 16.6 Å². The molecule has 1 N–H and O–H groups in total. The van der Waals surface area contributed by atoms with Crippen LogP contribution < -0.4 is 10.5 Å². The Morgan fingerprint density at radius 2 is 1.67 bits per heavy atom. The van der Waals surface area contributed by atoms with E-state index in [1.807, 2.05) is 0 Å². The number of halogens is 3. The smallest absolute Gasteiger partial charge is 0.372 e. The first-order chi connectivity index (χ1) is 11.4. The highest BCUT2D eigenvalue weighted by molar-refractivity contribution is 5.86. The third kappa shape index (κ3) is 4.30. The molecule has 6 heteroatoms. The fourth-order valence-electron chi connectivity index (χ4n) is 2.74. The highest BCUT2D eigenvalue weighted by Gasteiger charge is 2.33. The molecule has 0 amide bonds. The van der Waals surface area contributed by atoms with Crippen molar-refractivity contribution in [3.8, 4) is 0 Å². The van der Waals surface area contributed by atoms with Gasteiger partial charge in [-0.1, -0.05) is 26.7 Å². The second-order valence-corrected chi connectivity index (χ2v) is 5.97. The predicted molar refractivity (Wildman–Crippen MR) is 91.6 cm³/mol. The maximum atomic E-state index is 13.3. The van der Waals surface area contributed by atoms with Gasteiger partial charge < -0.3 is 9.88 Å². The summed E-state index contributed by atoms with van der Waals surface area (Å²) in [6.07, 6.45) is -0.531. The van der Waals surface area contributed by atoms with Crippen LogP contribution in [0.15, 0.2) is 29.1 Å². The van der Waals surface area contributed by atoms with Crippen molar-refractivity contribution in [3.05, 3.63) is 40.2 Å². The summed E-state index contributed by atoms with van der Waals surface area (Å²) in [7, 11) is 0. The number of H-pyrrole nitrogens is 1. The van der Waals surface area contributed by atoms with Gasteiger partial charge in [0, 0.05) is 35.7 Å². The first kappa shape index (κ1) is 18.4. The first-order valence-electron chi connectivity index (χ1n) is 8.36. The highest BCUT2D eigenvalue weighted by Crippen LogP contribution is 2.34. The van der Waals surface area contributed by atoms with Crippen LogP contribution >= 0.6 is 0 Å². The van der Waals surface area contributed by atoms with Crippen molar-refractivity contribution in [2.45, 2.75) is 45.7 Å². The van der Waals surface area contributed by atoms with Gasteiger partial charge in [0.15, 0.2) is 0 Å². The van der Waals surface area contributed by atoms with Gasteiger partial charge in [-0.25, -0.2) is 0 Å². The molecule has 1 aromatic carbocycles. The number of hydrogen-bond donors (Lipinski definition) is 1. The molecule has 3 nitrogen and oxygen atoms in total. The normalized spacial score (nSPS) is 11.9. The van der Waals surface area contributed by atoms with Crippen molar-refractivity contribution in [1.29, 1.82) is 0 Å². The molecule has 2 rings (SSSR count). The molecule has 1 aromatic heterocycles. The van der Waals surface area contributed by atoms with Gasteiger partial charge in [-0.3, -0.25) is 4.79 Å². The average molecular weight is 340 g/mol. The van der Waals surface area contributed by atoms with Crippen molar-refractivity contribution < 1.29 is 13.2 Å².